The molecule has 0 saturated carbocycles. The van der Waals surface area contributed by atoms with E-state index in [-0.39, 0.29) is 22.7 Å². The highest BCUT2D eigenvalue weighted by molar-refractivity contribution is 7.90. The maximum Gasteiger partial charge on any atom is 0.203 e. The Morgan fingerprint density at radius 3 is 2.57 bits per heavy atom. The Morgan fingerprint density at radius 2 is 1.80 bits per heavy atom. The van der Waals surface area contributed by atoms with E-state index in [1.807, 2.05) is 0 Å². The summed E-state index contributed by atoms with van der Waals surface area (Å²) in [7, 11) is -3.59. The van der Waals surface area contributed by atoms with E-state index in [1.54, 1.807) is 36.4 Å². The summed E-state index contributed by atoms with van der Waals surface area (Å²) < 4.78 is 56.9. The fraction of sp³-hybridized carbons (Fsp3) is 0.143. The van der Waals surface area contributed by atoms with Crippen LogP contribution in [0, 0.1) is 11.6 Å². The highest BCUT2D eigenvalue weighted by atomic mass is 32.2. The molecule has 0 bridgehead atoms. The number of hydrogen-bond donors (Lipinski definition) is 1. The van der Waals surface area contributed by atoms with E-state index in [0.717, 1.165) is 18.4 Å². The van der Waals surface area contributed by atoms with Gasteiger partial charge in [-0.25, -0.2) is 22.2 Å². The first-order valence-electron chi connectivity index (χ1n) is 9.00. The van der Waals surface area contributed by atoms with Gasteiger partial charge in [0.05, 0.1) is 11.1 Å². The van der Waals surface area contributed by atoms with E-state index in [2.05, 4.69) is 10.1 Å². The van der Waals surface area contributed by atoms with Crippen LogP contribution in [-0.4, -0.2) is 24.8 Å². The zero-order valence-corrected chi connectivity index (χ0v) is 16.7. The van der Waals surface area contributed by atoms with Crippen molar-refractivity contribution in [3.63, 3.8) is 0 Å². The molecule has 4 aromatic rings. The van der Waals surface area contributed by atoms with Gasteiger partial charge in [-0.1, -0.05) is 35.5 Å². The zero-order chi connectivity index (χ0) is 21.5. The van der Waals surface area contributed by atoms with Crippen molar-refractivity contribution in [3.8, 4) is 11.3 Å². The van der Waals surface area contributed by atoms with Crippen LogP contribution in [0.3, 0.4) is 0 Å². The lowest BCUT2D eigenvalue weighted by Gasteiger charge is -2.16. The number of aromatic nitrogens is 2. The fourth-order valence-electron chi connectivity index (χ4n) is 3.29. The fourth-order valence-corrected chi connectivity index (χ4v) is 3.88. The van der Waals surface area contributed by atoms with Crippen molar-refractivity contribution in [1.29, 1.82) is 0 Å². The molecule has 2 aromatic heterocycles. The molecule has 1 atom stereocenters. The maximum absolute atomic E-state index is 14.3. The number of nitrogens with two attached hydrogens (primary N) is 1. The van der Waals surface area contributed by atoms with E-state index in [1.165, 1.54) is 6.07 Å². The normalized spacial score (nSPS) is 12.9. The molecule has 0 fully saturated rings. The van der Waals surface area contributed by atoms with Gasteiger partial charge in [-0.15, -0.1) is 0 Å². The lowest BCUT2D eigenvalue weighted by atomic mass is 9.94. The molecule has 0 aliphatic heterocycles. The average molecular weight is 429 g/mol. The van der Waals surface area contributed by atoms with Crippen LogP contribution in [0.5, 0.6) is 0 Å². The summed E-state index contributed by atoms with van der Waals surface area (Å²) in [4.78, 5) is 3.94. The molecule has 0 unspecified atom stereocenters. The van der Waals surface area contributed by atoms with Crippen molar-refractivity contribution in [2.24, 2.45) is 5.73 Å². The second-order valence-corrected chi connectivity index (χ2v) is 8.86. The molecule has 0 aliphatic rings. The smallest absolute Gasteiger partial charge is 0.203 e. The topological polar surface area (TPSA) is 99.1 Å². The highest BCUT2D eigenvalue weighted by Crippen LogP contribution is 2.34. The van der Waals surface area contributed by atoms with Crippen LogP contribution in [0.1, 0.15) is 17.3 Å². The minimum absolute atomic E-state index is 0.0319. The van der Waals surface area contributed by atoms with Gasteiger partial charge in [0.15, 0.2) is 20.7 Å². The van der Waals surface area contributed by atoms with Gasteiger partial charge in [-0.05, 0) is 29.8 Å². The summed E-state index contributed by atoms with van der Waals surface area (Å²) in [5, 5.41) is 4.26. The van der Waals surface area contributed by atoms with Crippen molar-refractivity contribution < 1.29 is 21.7 Å². The molecule has 9 heteroatoms. The van der Waals surface area contributed by atoms with Crippen molar-refractivity contribution in [2.45, 2.75) is 17.5 Å². The van der Waals surface area contributed by atoms with E-state index < -0.39 is 27.5 Å². The van der Waals surface area contributed by atoms with Gasteiger partial charge in [0.2, 0.25) is 5.58 Å². The van der Waals surface area contributed by atoms with Gasteiger partial charge in [0.25, 0.3) is 0 Å². The SMILES string of the molecule is CS(=O)(=O)c1ccc(F)c(C[C@H](N)c2ccccc2-c2noc3c(F)cccc23)n1. The molecular formula is C21H17F2N3O3S. The average Bonchev–Trinajstić information content (AvgIpc) is 3.14. The van der Waals surface area contributed by atoms with E-state index in [9.17, 15) is 17.2 Å². The number of nitrogens with zero attached hydrogens (tertiary/aromatic N) is 2. The van der Waals surface area contributed by atoms with Crippen LogP contribution < -0.4 is 5.73 Å². The molecule has 6 nitrogen and oxygen atoms in total. The summed E-state index contributed by atoms with van der Waals surface area (Å²) in [5.74, 6) is -1.18. The van der Waals surface area contributed by atoms with Gasteiger partial charge in [-0.2, -0.15) is 0 Å². The molecule has 0 saturated heterocycles. The predicted molar refractivity (Wildman–Crippen MR) is 107 cm³/mol. The molecule has 2 heterocycles. The minimum atomic E-state index is -3.59. The molecule has 2 N–H and O–H groups in total. The van der Waals surface area contributed by atoms with Gasteiger partial charge >= 0.3 is 0 Å². The molecule has 0 spiro atoms. The molecule has 2 aromatic carbocycles. The molecule has 0 aliphatic carbocycles. The van der Waals surface area contributed by atoms with E-state index in [4.69, 9.17) is 10.3 Å². The number of benzene rings is 2. The lowest BCUT2D eigenvalue weighted by molar-refractivity contribution is 0.443. The Morgan fingerprint density at radius 1 is 1.03 bits per heavy atom. The monoisotopic (exact) mass is 429 g/mol. The molecule has 0 amide bonds. The number of para-hydroxylation sites is 1. The first-order chi connectivity index (χ1) is 14.3. The van der Waals surface area contributed by atoms with Gasteiger partial charge in [0, 0.05) is 24.3 Å². The lowest BCUT2D eigenvalue weighted by Crippen LogP contribution is -2.17. The molecule has 154 valence electrons. The van der Waals surface area contributed by atoms with Gasteiger partial charge in [-0.3, -0.25) is 0 Å². The summed E-state index contributed by atoms with van der Waals surface area (Å²) >= 11 is 0. The third kappa shape index (κ3) is 3.69. The van der Waals surface area contributed by atoms with Crippen molar-refractivity contribution in [2.75, 3.05) is 6.26 Å². The number of fused-ring (bicyclic) bond motifs is 1. The highest BCUT2D eigenvalue weighted by Gasteiger charge is 2.21. The standard InChI is InChI=1S/C21H17F2N3O3S/c1-30(27,28)19-10-9-15(22)18(25-19)11-17(24)12-5-2-3-6-13(12)20-14-7-4-8-16(23)21(14)29-26-20/h2-10,17H,11,24H2,1H3/t17-/m0/s1. The van der Waals surface area contributed by atoms with E-state index >= 15 is 0 Å². The van der Waals surface area contributed by atoms with Crippen molar-refractivity contribution in [1.82, 2.24) is 10.1 Å². The largest absolute Gasteiger partial charge is 0.352 e. The van der Waals surface area contributed by atoms with Crippen LogP contribution in [0.4, 0.5) is 8.78 Å². The Hall–Kier alpha value is -3.17. The van der Waals surface area contributed by atoms with Crippen LogP contribution in [0.25, 0.3) is 22.2 Å². The first-order valence-corrected chi connectivity index (χ1v) is 10.9. The summed E-state index contributed by atoms with van der Waals surface area (Å²) in [6.45, 7) is 0. The Kier molecular flexibility index (Phi) is 5.08. The second-order valence-electron chi connectivity index (χ2n) is 6.90. The minimum Gasteiger partial charge on any atom is -0.352 e. The third-order valence-electron chi connectivity index (χ3n) is 4.75. The van der Waals surface area contributed by atoms with Crippen molar-refractivity contribution >= 4 is 20.8 Å². The number of rotatable bonds is 5. The molecular weight excluding hydrogens is 412 g/mol. The number of pyridine rings is 1. The maximum atomic E-state index is 14.3. The quantitative estimate of drug-likeness (QED) is 0.518. The third-order valence-corrected chi connectivity index (χ3v) is 5.74. The number of halogens is 2. The zero-order valence-electron chi connectivity index (χ0n) is 15.8. The van der Waals surface area contributed by atoms with Crippen molar-refractivity contribution in [3.05, 3.63) is 77.5 Å². The summed E-state index contributed by atoms with van der Waals surface area (Å²) in [5.41, 5.74) is 7.95. The molecule has 4 rings (SSSR count). The second kappa shape index (κ2) is 7.58. The molecule has 30 heavy (non-hydrogen) atoms. The van der Waals surface area contributed by atoms with Crippen LogP contribution >= 0.6 is 0 Å². The molecule has 0 radical (unpaired) electrons. The van der Waals surface area contributed by atoms with Crippen LogP contribution in [-0.2, 0) is 16.3 Å². The van der Waals surface area contributed by atoms with Crippen LogP contribution in [0.2, 0.25) is 0 Å². The Balaban J connectivity index is 1.75. The van der Waals surface area contributed by atoms with Crippen LogP contribution in [0.15, 0.2) is 64.1 Å². The first kappa shape index (κ1) is 20.1. The summed E-state index contributed by atoms with van der Waals surface area (Å²) in [6, 6.07) is 13.0. The Bertz CT molecular complexity index is 1350. The van der Waals surface area contributed by atoms with Gasteiger partial charge < -0.3 is 10.3 Å². The summed E-state index contributed by atoms with van der Waals surface area (Å²) in [6.07, 6.45) is 0.956. The van der Waals surface area contributed by atoms with Gasteiger partial charge in [0.1, 0.15) is 11.5 Å². The predicted octanol–water partition coefficient (Wildman–Crippen LogP) is 3.81. The number of sulfone groups is 1. The Labute approximate surface area is 171 Å². The number of hydrogen-bond acceptors (Lipinski definition) is 6. The van der Waals surface area contributed by atoms with E-state index in [0.29, 0.717) is 22.2 Å².